The van der Waals surface area contributed by atoms with Crippen LogP contribution < -0.4 is 4.74 Å². The zero-order valence-electron chi connectivity index (χ0n) is 16.1. The fourth-order valence-electron chi connectivity index (χ4n) is 3.13. The molecule has 0 radical (unpaired) electrons. The molecule has 2 aromatic carbocycles. The van der Waals surface area contributed by atoms with E-state index in [-0.39, 0.29) is 11.9 Å². The minimum absolute atomic E-state index is 0.250. The number of halogens is 1. The maximum atomic E-state index is 13.0. The average Bonchev–Trinajstić information content (AvgIpc) is 3.10. The van der Waals surface area contributed by atoms with Crippen molar-refractivity contribution in [2.24, 2.45) is 0 Å². The summed E-state index contributed by atoms with van der Waals surface area (Å²) in [7, 11) is 0. The molecule has 2 heterocycles. The van der Waals surface area contributed by atoms with Crippen molar-refractivity contribution in [1.82, 2.24) is 4.98 Å². The lowest BCUT2D eigenvalue weighted by Gasteiger charge is -2.17. The maximum Gasteiger partial charge on any atom is 0.163 e. The van der Waals surface area contributed by atoms with Crippen LogP contribution in [0.3, 0.4) is 0 Å². The summed E-state index contributed by atoms with van der Waals surface area (Å²) in [5.74, 6) is 0.200. The van der Waals surface area contributed by atoms with Gasteiger partial charge in [0.15, 0.2) is 5.79 Å². The molecule has 1 fully saturated rings. The van der Waals surface area contributed by atoms with E-state index < -0.39 is 5.79 Å². The third kappa shape index (κ3) is 4.43. The van der Waals surface area contributed by atoms with Crippen molar-refractivity contribution in [1.29, 1.82) is 5.26 Å². The van der Waals surface area contributed by atoms with Crippen molar-refractivity contribution in [2.45, 2.75) is 25.7 Å². The average molecular weight is 390 g/mol. The van der Waals surface area contributed by atoms with E-state index in [1.165, 1.54) is 12.1 Å². The zero-order chi connectivity index (χ0) is 20.4. The summed E-state index contributed by atoms with van der Waals surface area (Å²) in [6.45, 7) is 4.14. The van der Waals surface area contributed by atoms with Crippen LogP contribution in [-0.4, -0.2) is 17.4 Å². The highest BCUT2D eigenvalue weighted by molar-refractivity contribution is 5.62. The molecule has 0 amide bonds. The number of nitrogens with zero attached hydrogens (tertiary/aromatic N) is 2. The van der Waals surface area contributed by atoms with Crippen LogP contribution >= 0.6 is 0 Å². The van der Waals surface area contributed by atoms with E-state index in [4.69, 9.17) is 14.2 Å². The van der Waals surface area contributed by atoms with Crippen LogP contribution in [0.4, 0.5) is 4.39 Å². The summed E-state index contributed by atoms with van der Waals surface area (Å²) >= 11 is 0. The van der Waals surface area contributed by atoms with E-state index >= 15 is 0 Å². The van der Waals surface area contributed by atoms with Crippen LogP contribution in [0.5, 0.6) is 11.5 Å². The van der Waals surface area contributed by atoms with Gasteiger partial charge >= 0.3 is 0 Å². The second-order valence-corrected chi connectivity index (χ2v) is 7.18. The molecule has 6 heteroatoms. The van der Waals surface area contributed by atoms with E-state index in [1.54, 1.807) is 30.3 Å². The number of nitriles is 1. The minimum Gasteiger partial charge on any atom is -0.457 e. The largest absolute Gasteiger partial charge is 0.457 e. The first-order valence-electron chi connectivity index (χ1n) is 9.20. The smallest absolute Gasteiger partial charge is 0.163 e. The van der Waals surface area contributed by atoms with Crippen LogP contribution in [0, 0.1) is 17.1 Å². The maximum absolute atomic E-state index is 13.0. The number of hydrogen-bond acceptors (Lipinski definition) is 5. The van der Waals surface area contributed by atoms with Crippen molar-refractivity contribution in [3.8, 4) is 28.8 Å². The predicted molar refractivity (Wildman–Crippen MR) is 105 cm³/mol. The Morgan fingerprint density at radius 3 is 2.31 bits per heavy atom. The third-order valence-electron chi connectivity index (χ3n) is 4.54. The zero-order valence-corrected chi connectivity index (χ0v) is 16.1. The van der Waals surface area contributed by atoms with Gasteiger partial charge in [0.25, 0.3) is 0 Å². The van der Waals surface area contributed by atoms with Crippen molar-refractivity contribution >= 4 is 0 Å². The first kappa shape index (κ1) is 19.1. The number of ether oxygens (including phenoxy) is 3. The Hall–Kier alpha value is -3.27. The molecule has 5 nitrogen and oxygen atoms in total. The fourth-order valence-corrected chi connectivity index (χ4v) is 3.13. The summed E-state index contributed by atoms with van der Waals surface area (Å²) in [5, 5.41) is 9.38. The van der Waals surface area contributed by atoms with Gasteiger partial charge in [-0.15, -0.1) is 0 Å². The second kappa shape index (κ2) is 7.63. The molecule has 1 aliphatic rings. The summed E-state index contributed by atoms with van der Waals surface area (Å²) in [6.07, 6.45) is -0.250. The standard InChI is InChI=1S/C23H19FN2O3/c1-23(2)27-14-22(29-23)16-11-18(13-25)26-21(12-16)15-3-7-19(8-4-15)28-20-9-5-17(24)6-10-20/h3-12,22H,14H2,1-2H3. The van der Waals surface area contributed by atoms with Crippen LogP contribution in [-0.2, 0) is 9.47 Å². The van der Waals surface area contributed by atoms with Gasteiger partial charge in [0, 0.05) is 5.56 Å². The number of rotatable bonds is 4. The summed E-state index contributed by atoms with van der Waals surface area (Å²) in [4.78, 5) is 4.41. The molecule has 29 heavy (non-hydrogen) atoms. The molecule has 0 aliphatic carbocycles. The number of aromatic nitrogens is 1. The van der Waals surface area contributed by atoms with Crippen LogP contribution in [0.2, 0.25) is 0 Å². The molecule has 3 aromatic rings. The van der Waals surface area contributed by atoms with E-state index in [9.17, 15) is 9.65 Å². The highest BCUT2D eigenvalue weighted by atomic mass is 19.1. The number of pyridine rings is 1. The van der Waals surface area contributed by atoms with E-state index in [0.717, 1.165) is 11.1 Å². The third-order valence-corrected chi connectivity index (χ3v) is 4.54. The van der Waals surface area contributed by atoms with Crippen molar-refractivity contribution in [3.05, 3.63) is 77.7 Å². The van der Waals surface area contributed by atoms with Gasteiger partial charge in [-0.25, -0.2) is 9.37 Å². The predicted octanol–water partition coefficient (Wildman–Crippen LogP) is 5.38. The van der Waals surface area contributed by atoms with Gasteiger partial charge in [-0.05, 0) is 80.1 Å². The molecule has 146 valence electrons. The summed E-state index contributed by atoms with van der Waals surface area (Å²) in [5.41, 5.74) is 2.68. The molecule has 0 N–H and O–H groups in total. The Bertz CT molecular complexity index is 1060. The van der Waals surface area contributed by atoms with Gasteiger partial charge in [0.1, 0.15) is 35.2 Å². The summed E-state index contributed by atoms with van der Waals surface area (Å²) in [6, 6.07) is 18.9. The molecule has 1 saturated heterocycles. The van der Waals surface area contributed by atoms with Crippen molar-refractivity contribution in [2.75, 3.05) is 6.61 Å². The topological polar surface area (TPSA) is 64.4 Å². The van der Waals surface area contributed by atoms with E-state index in [0.29, 0.717) is 29.5 Å². The summed E-state index contributed by atoms with van der Waals surface area (Å²) < 4.78 is 30.3. The minimum atomic E-state index is -0.653. The molecular formula is C23H19FN2O3. The monoisotopic (exact) mass is 390 g/mol. The van der Waals surface area contributed by atoms with Gasteiger partial charge < -0.3 is 14.2 Å². The lowest BCUT2D eigenvalue weighted by Crippen LogP contribution is -2.19. The van der Waals surface area contributed by atoms with Gasteiger partial charge in [-0.2, -0.15) is 5.26 Å². The van der Waals surface area contributed by atoms with Gasteiger partial charge in [-0.3, -0.25) is 0 Å². The Kier molecular flexibility index (Phi) is 5.01. The molecule has 1 unspecified atom stereocenters. The second-order valence-electron chi connectivity index (χ2n) is 7.18. The van der Waals surface area contributed by atoms with Gasteiger partial charge in [0.2, 0.25) is 0 Å². The highest BCUT2D eigenvalue weighted by Crippen LogP contribution is 2.34. The molecule has 1 aliphatic heterocycles. The number of hydrogen-bond donors (Lipinski definition) is 0. The molecule has 0 spiro atoms. The first-order chi connectivity index (χ1) is 13.9. The molecule has 0 bridgehead atoms. The lowest BCUT2D eigenvalue weighted by atomic mass is 10.0. The lowest BCUT2D eigenvalue weighted by molar-refractivity contribution is -0.139. The Morgan fingerprint density at radius 2 is 1.72 bits per heavy atom. The van der Waals surface area contributed by atoms with E-state index in [2.05, 4.69) is 11.1 Å². The highest BCUT2D eigenvalue weighted by Gasteiger charge is 2.34. The quantitative estimate of drug-likeness (QED) is 0.599. The fraction of sp³-hybridized carbons (Fsp3) is 0.217. The molecular weight excluding hydrogens is 371 g/mol. The normalized spacial score (nSPS) is 17.7. The Balaban J connectivity index is 1.58. The van der Waals surface area contributed by atoms with Crippen LogP contribution in [0.25, 0.3) is 11.3 Å². The molecule has 1 atom stereocenters. The van der Waals surface area contributed by atoms with Crippen LogP contribution in [0.15, 0.2) is 60.7 Å². The van der Waals surface area contributed by atoms with Gasteiger partial charge in [-0.1, -0.05) is 0 Å². The number of benzene rings is 2. The molecule has 1 aromatic heterocycles. The molecule has 0 saturated carbocycles. The Morgan fingerprint density at radius 1 is 1.07 bits per heavy atom. The Labute approximate surface area is 168 Å². The SMILES string of the molecule is CC1(C)OCC(c2cc(C#N)nc(-c3ccc(Oc4ccc(F)cc4)cc3)c2)O1. The first-order valence-corrected chi connectivity index (χ1v) is 9.20. The molecule has 4 rings (SSSR count). The van der Waals surface area contributed by atoms with E-state index in [1.807, 2.05) is 32.0 Å². The van der Waals surface area contributed by atoms with Crippen LogP contribution in [0.1, 0.15) is 31.2 Å². The van der Waals surface area contributed by atoms with Crippen molar-refractivity contribution in [3.63, 3.8) is 0 Å². The van der Waals surface area contributed by atoms with Gasteiger partial charge in [0.05, 0.1) is 12.3 Å². The van der Waals surface area contributed by atoms with Crippen molar-refractivity contribution < 1.29 is 18.6 Å².